The van der Waals surface area contributed by atoms with E-state index in [1.54, 1.807) is 18.2 Å². The number of anilines is 1. The van der Waals surface area contributed by atoms with Crippen LogP contribution in [0.3, 0.4) is 0 Å². The first-order valence-electron chi connectivity index (χ1n) is 10.6. The minimum absolute atomic E-state index is 0.177. The van der Waals surface area contributed by atoms with E-state index in [0.29, 0.717) is 24.2 Å². The molecule has 0 unspecified atom stereocenters. The molecule has 8 nitrogen and oxygen atoms in total. The van der Waals surface area contributed by atoms with Crippen molar-refractivity contribution in [1.82, 2.24) is 0 Å². The summed E-state index contributed by atoms with van der Waals surface area (Å²) in [5.74, 6) is -2.34. The molecule has 0 N–H and O–H groups in total. The minimum atomic E-state index is -1.02. The van der Waals surface area contributed by atoms with E-state index in [4.69, 9.17) is 9.47 Å². The summed E-state index contributed by atoms with van der Waals surface area (Å²) >= 11 is 0. The number of benzene rings is 2. The van der Waals surface area contributed by atoms with Gasteiger partial charge in [-0.25, -0.2) is 9.59 Å². The zero-order chi connectivity index (χ0) is 24.1. The van der Waals surface area contributed by atoms with Crippen LogP contribution in [-0.4, -0.2) is 31.1 Å². The molecule has 3 rings (SSSR count). The third-order valence-electron chi connectivity index (χ3n) is 5.68. The molecule has 33 heavy (non-hydrogen) atoms. The predicted octanol–water partition coefficient (Wildman–Crippen LogP) is 4.87. The van der Waals surface area contributed by atoms with Crippen LogP contribution in [0.15, 0.2) is 77.1 Å². The molecule has 0 fully saturated rings. The Balaban J connectivity index is 2.48. The van der Waals surface area contributed by atoms with E-state index in [-0.39, 0.29) is 22.4 Å². The van der Waals surface area contributed by atoms with Crippen LogP contribution >= 0.6 is 0 Å². The van der Waals surface area contributed by atoms with Crippen LogP contribution in [0.5, 0.6) is 0 Å². The van der Waals surface area contributed by atoms with E-state index in [9.17, 15) is 19.7 Å². The lowest BCUT2D eigenvalue weighted by atomic mass is 9.77. The average molecular weight is 450 g/mol. The second kappa shape index (κ2) is 10.1. The fourth-order valence-corrected chi connectivity index (χ4v) is 4.37. The molecule has 8 heteroatoms. The van der Waals surface area contributed by atoms with Crippen molar-refractivity contribution in [3.05, 3.63) is 92.8 Å². The molecule has 0 saturated carbocycles. The first kappa shape index (κ1) is 23.7. The lowest BCUT2D eigenvalue weighted by Gasteiger charge is -2.39. The number of carbonyl (C=O) groups is 2. The number of ether oxygens (including phenoxy) is 2. The number of hydrogen-bond acceptors (Lipinski definition) is 7. The Hall–Kier alpha value is -3.94. The third-order valence-corrected chi connectivity index (χ3v) is 5.68. The summed E-state index contributed by atoms with van der Waals surface area (Å²) in [7, 11) is 2.51. The number of methoxy groups -OCH3 is 2. The number of hydrogen-bond donors (Lipinski definition) is 0. The van der Waals surface area contributed by atoms with E-state index >= 15 is 0 Å². The second-order valence-electron chi connectivity index (χ2n) is 7.33. The van der Waals surface area contributed by atoms with Crippen molar-refractivity contribution in [3.63, 3.8) is 0 Å². The van der Waals surface area contributed by atoms with Gasteiger partial charge in [0.25, 0.3) is 5.69 Å². The van der Waals surface area contributed by atoms with Crippen LogP contribution in [-0.2, 0) is 19.1 Å². The number of esters is 2. The molecule has 0 aliphatic carbocycles. The van der Waals surface area contributed by atoms with Crippen molar-refractivity contribution < 1.29 is 24.0 Å². The van der Waals surface area contributed by atoms with Gasteiger partial charge in [0, 0.05) is 28.7 Å². The van der Waals surface area contributed by atoms with Gasteiger partial charge in [0.1, 0.15) is 0 Å². The Morgan fingerprint density at radius 3 is 1.82 bits per heavy atom. The van der Waals surface area contributed by atoms with Crippen molar-refractivity contribution in [2.45, 2.75) is 32.6 Å². The predicted molar refractivity (Wildman–Crippen MR) is 123 cm³/mol. The fraction of sp³-hybridized carbons (Fsp3) is 0.280. The molecule has 2 aromatic rings. The number of nitro groups is 1. The molecule has 0 amide bonds. The largest absolute Gasteiger partial charge is 0.466 e. The molecule has 1 aliphatic rings. The molecular weight excluding hydrogens is 424 g/mol. The second-order valence-corrected chi connectivity index (χ2v) is 7.33. The van der Waals surface area contributed by atoms with Crippen LogP contribution in [0.2, 0.25) is 0 Å². The zero-order valence-corrected chi connectivity index (χ0v) is 19.0. The van der Waals surface area contributed by atoms with Gasteiger partial charge in [-0.1, -0.05) is 50.2 Å². The molecule has 2 aromatic carbocycles. The lowest BCUT2D eigenvalue weighted by molar-refractivity contribution is -0.385. The molecule has 1 aliphatic heterocycles. The minimum Gasteiger partial charge on any atom is -0.466 e. The Labute approximate surface area is 192 Å². The highest BCUT2D eigenvalue weighted by Gasteiger charge is 2.44. The summed E-state index contributed by atoms with van der Waals surface area (Å²) in [5, 5.41) is 11.9. The summed E-state index contributed by atoms with van der Waals surface area (Å²) in [4.78, 5) is 39.6. The first-order valence-corrected chi connectivity index (χ1v) is 10.6. The summed E-state index contributed by atoms with van der Waals surface area (Å²) in [5.41, 5.74) is 2.38. The number of rotatable bonds is 7. The number of para-hydroxylation sites is 2. The van der Waals surface area contributed by atoms with Crippen LogP contribution < -0.4 is 4.90 Å². The molecule has 172 valence electrons. The normalized spacial score (nSPS) is 14.4. The summed E-state index contributed by atoms with van der Waals surface area (Å²) in [6.45, 7) is 3.78. The Bertz CT molecular complexity index is 1090. The van der Waals surface area contributed by atoms with Crippen LogP contribution in [0.25, 0.3) is 0 Å². The average Bonchev–Trinajstić information content (AvgIpc) is 2.86. The smallest absolute Gasteiger partial charge is 0.336 e. The van der Waals surface area contributed by atoms with E-state index in [0.717, 1.165) is 5.69 Å². The number of nitro benzene ring substituents is 1. The third kappa shape index (κ3) is 4.24. The van der Waals surface area contributed by atoms with Gasteiger partial charge in [-0.15, -0.1) is 0 Å². The summed E-state index contributed by atoms with van der Waals surface area (Å²) in [6.07, 6.45) is 0.850. The fourth-order valence-electron chi connectivity index (χ4n) is 4.37. The van der Waals surface area contributed by atoms with Crippen molar-refractivity contribution in [2.75, 3.05) is 19.1 Å². The van der Waals surface area contributed by atoms with E-state index < -0.39 is 22.8 Å². The van der Waals surface area contributed by atoms with Gasteiger partial charge in [-0.3, -0.25) is 10.1 Å². The first-order chi connectivity index (χ1) is 15.9. The van der Waals surface area contributed by atoms with Gasteiger partial charge >= 0.3 is 11.9 Å². The zero-order valence-electron chi connectivity index (χ0n) is 19.0. The molecule has 0 aromatic heterocycles. The standard InChI is InChI=1S/C25H26N2O6/c1-5-18-22(24(28)32-3)21(17-14-10-11-15-20(17)27(30)31)23(25(29)33-4)19(6-2)26(18)16-12-8-7-9-13-16/h7-15,21H,5-6H2,1-4H3. The van der Waals surface area contributed by atoms with Gasteiger partial charge in [0.15, 0.2) is 0 Å². The molecule has 0 atom stereocenters. The van der Waals surface area contributed by atoms with E-state index in [2.05, 4.69) is 0 Å². The van der Waals surface area contributed by atoms with Crippen LogP contribution in [0.4, 0.5) is 11.4 Å². The SMILES string of the molecule is CCC1=C(C(=O)OC)C(c2ccccc2[N+](=O)[O-])C(C(=O)OC)=C(CC)N1c1ccccc1. The van der Waals surface area contributed by atoms with Crippen molar-refractivity contribution >= 4 is 23.3 Å². The van der Waals surface area contributed by atoms with Gasteiger partial charge in [0.05, 0.1) is 36.2 Å². The summed E-state index contributed by atoms with van der Waals surface area (Å²) < 4.78 is 10.2. The summed E-state index contributed by atoms with van der Waals surface area (Å²) in [6, 6.07) is 15.5. The quantitative estimate of drug-likeness (QED) is 0.337. The Morgan fingerprint density at radius 1 is 0.879 bits per heavy atom. The molecule has 0 saturated heterocycles. The number of carbonyl (C=O) groups excluding carboxylic acids is 2. The molecule has 0 spiro atoms. The maximum Gasteiger partial charge on any atom is 0.336 e. The lowest BCUT2D eigenvalue weighted by Crippen LogP contribution is -2.36. The maximum absolute atomic E-state index is 13.2. The molecular formula is C25H26N2O6. The number of allylic oxidation sites excluding steroid dienone is 2. The van der Waals surface area contributed by atoms with Crippen molar-refractivity contribution in [3.8, 4) is 0 Å². The molecule has 0 bridgehead atoms. The van der Waals surface area contributed by atoms with Crippen molar-refractivity contribution in [2.24, 2.45) is 0 Å². The van der Waals surface area contributed by atoms with Gasteiger partial charge in [0.2, 0.25) is 0 Å². The topological polar surface area (TPSA) is 99.0 Å². The molecule has 1 heterocycles. The van der Waals surface area contributed by atoms with Crippen molar-refractivity contribution in [1.29, 1.82) is 0 Å². The van der Waals surface area contributed by atoms with E-state index in [1.165, 1.54) is 20.3 Å². The van der Waals surface area contributed by atoms with Crippen LogP contribution in [0.1, 0.15) is 38.2 Å². The van der Waals surface area contributed by atoms with Crippen LogP contribution in [0, 0.1) is 10.1 Å². The highest BCUT2D eigenvalue weighted by atomic mass is 16.6. The van der Waals surface area contributed by atoms with Gasteiger partial charge in [-0.2, -0.15) is 0 Å². The van der Waals surface area contributed by atoms with E-state index in [1.807, 2.05) is 49.1 Å². The maximum atomic E-state index is 13.2. The Morgan fingerprint density at radius 2 is 1.36 bits per heavy atom. The number of nitrogens with zero attached hydrogens (tertiary/aromatic N) is 2. The van der Waals surface area contributed by atoms with Gasteiger partial charge in [-0.05, 0) is 25.0 Å². The van der Waals surface area contributed by atoms with Gasteiger partial charge < -0.3 is 14.4 Å². The highest BCUT2D eigenvalue weighted by molar-refractivity contribution is 6.02. The molecule has 0 radical (unpaired) electrons. The monoisotopic (exact) mass is 450 g/mol. The highest BCUT2D eigenvalue weighted by Crippen LogP contribution is 2.48. The Kier molecular flexibility index (Phi) is 7.27.